The Balaban J connectivity index is 1.59. The minimum absolute atomic E-state index is 0.0221. The number of β-amino-alcohol motifs (C(OH)–C–C–N with tert-alkyl or cyclic N) is 1. The van der Waals surface area contributed by atoms with Gasteiger partial charge in [0.25, 0.3) is 11.8 Å². The van der Waals surface area contributed by atoms with E-state index in [1.54, 1.807) is 10.6 Å². The molecular formula is C16H14N6O3S. The second-order valence-electron chi connectivity index (χ2n) is 5.63. The maximum atomic E-state index is 12.2. The van der Waals surface area contributed by atoms with Crippen LogP contribution in [0.5, 0.6) is 0 Å². The molecule has 0 unspecified atom stereocenters. The Kier molecular flexibility index (Phi) is 3.98. The maximum absolute atomic E-state index is 12.2. The standard InChI is InChI=1S/C16H14N6O3S/c1-9-18-19-16-22(9)20-14(26-16)10-3-2-4-11(7-10)17-12-8-13(24)21(5-6-23)15(12)25/h2-4,7-8,17,23H,5-6H2,1H3. The molecule has 3 heterocycles. The van der Waals surface area contributed by atoms with Crippen molar-refractivity contribution in [3.8, 4) is 10.6 Å². The van der Waals surface area contributed by atoms with Crippen molar-refractivity contribution in [1.82, 2.24) is 24.7 Å². The summed E-state index contributed by atoms with van der Waals surface area (Å²) in [5, 5.41) is 25.2. The number of rotatable bonds is 5. The van der Waals surface area contributed by atoms with Crippen molar-refractivity contribution in [3.63, 3.8) is 0 Å². The molecule has 2 N–H and O–H groups in total. The summed E-state index contributed by atoms with van der Waals surface area (Å²) in [6.07, 6.45) is 1.23. The first kappa shape index (κ1) is 16.4. The first-order chi connectivity index (χ1) is 12.6. The molecule has 2 aromatic heterocycles. The third kappa shape index (κ3) is 2.74. The molecule has 0 atom stereocenters. The minimum Gasteiger partial charge on any atom is -0.395 e. The fourth-order valence-electron chi connectivity index (χ4n) is 2.63. The van der Waals surface area contributed by atoms with Crippen LogP contribution in [0.1, 0.15) is 5.82 Å². The van der Waals surface area contributed by atoms with Crippen molar-refractivity contribution in [2.75, 3.05) is 18.5 Å². The van der Waals surface area contributed by atoms with Crippen LogP contribution < -0.4 is 5.32 Å². The van der Waals surface area contributed by atoms with Crippen LogP contribution in [-0.4, -0.2) is 54.8 Å². The Bertz CT molecular complexity index is 1050. The van der Waals surface area contributed by atoms with E-state index >= 15 is 0 Å². The Morgan fingerprint density at radius 1 is 1.27 bits per heavy atom. The number of amides is 2. The lowest BCUT2D eigenvalue weighted by Gasteiger charge is -2.13. The topological polar surface area (TPSA) is 113 Å². The van der Waals surface area contributed by atoms with Crippen LogP contribution in [0.3, 0.4) is 0 Å². The van der Waals surface area contributed by atoms with E-state index in [-0.39, 0.29) is 18.8 Å². The quantitative estimate of drug-likeness (QED) is 0.639. The summed E-state index contributed by atoms with van der Waals surface area (Å²) in [5.74, 6) is -0.184. The zero-order valence-electron chi connectivity index (χ0n) is 13.7. The molecule has 0 bridgehead atoms. The van der Waals surface area contributed by atoms with E-state index in [1.165, 1.54) is 17.4 Å². The summed E-state index contributed by atoms with van der Waals surface area (Å²) < 4.78 is 1.68. The number of carbonyl (C=O) groups is 2. The van der Waals surface area contributed by atoms with Crippen LogP contribution >= 0.6 is 11.3 Å². The molecular weight excluding hydrogens is 356 g/mol. The molecule has 3 aromatic rings. The fraction of sp³-hybridized carbons (Fsp3) is 0.188. The number of aryl methyl sites for hydroxylation is 1. The monoisotopic (exact) mass is 370 g/mol. The number of hydrogen-bond donors (Lipinski definition) is 2. The SMILES string of the molecule is Cc1nnc2sc(-c3cccc(NC4=CC(=O)N(CCO)C4=O)c3)nn12. The third-order valence-corrected chi connectivity index (χ3v) is 4.82. The van der Waals surface area contributed by atoms with Crippen molar-refractivity contribution in [2.24, 2.45) is 0 Å². The molecule has 9 nitrogen and oxygen atoms in total. The van der Waals surface area contributed by atoms with Gasteiger partial charge in [0, 0.05) is 17.3 Å². The predicted molar refractivity (Wildman–Crippen MR) is 94.3 cm³/mol. The lowest BCUT2D eigenvalue weighted by atomic mass is 10.2. The van der Waals surface area contributed by atoms with E-state index in [4.69, 9.17) is 5.11 Å². The molecule has 26 heavy (non-hydrogen) atoms. The molecule has 4 rings (SSSR count). The summed E-state index contributed by atoms with van der Waals surface area (Å²) in [6, 6.07) is 7.37. The molecule has 10 heteroatoms. The smallest absolute Gasteiger partial charge is 0.277 e. The number of anilines is 1. The molecule has 132 valence electrons. The average molecular weight is 370 g/mol. The second-order valence-corrected chi connectivity index (χ2v) is 6.59. The number of fused-ring (bicyclic) bond motifs is 1. The van der Waals surface area contributed by atoms with Gasteiger partial charge in [-0.15, -0.1) is 10.2 Å². The highest BCUT2D eigenvalue weighted by Crippen LogP contribution is 2.28. The maximum Gasteiger partial charge on any atom is 0.277 e. The lowest BCUT2D eigenvalue weighted by Crippen LogP contribution is -2.34. The van der Waals surface area contributed by atoms with E-state index < -0.39 is 11.8 Å². The van der Waals surface area contributed by atoms with Gasteiger partial charge in [-0.1, -0.05) is 23.5 Å². The van der Waals surface area contributed by atoms with Crippen molar-refractivity contribution in [3.05, 3.63) is 41.9 Å². The van der Waals surface area contributed by atoms with Gasteiger partial charge in [0.2, 0.25) is 4.96 Å². The van der Waals surface area contributed by atoms with Crippen LogP contribution in [0.2, 0.25) is 0 Å². The van der Waals surface area contributed by atoms with Gasteiger partial charge in [0.15, 0.2) is 5.82 Å². The van der Waals surface area contributed by atoms with Crippen LogP contribution in [0.15, 0.2) is 36.0 Å². The highest BCUT2D eigenvalue weighted by atomic mass is 32.1. The van der Waals surface area contributed by atoms with Crippen LogP contribution in [-0.2, 0) is 9.59 Å². The molecule has 0 spiro atoms. The van der Waals surface area contributed by atoms with Gasteiger partial charge in [-0.05, 0) is 19.1 Å². The van der Waals surface area contributed by atoms with Crippen LogP contribution in [0, 0.1) is 6.92 Å². The van der Waals surface area contributed by atoms with E-state index in [0.717, 1.165) is 15.5 Å². The predicted octanol–water partition coefficient (Wildman–Crippen LogP) is 0.818. The van der Waals surface area contributed by atoms with E-state index in [2.05, 4.69) is 20.6 Å². The number of aliphatic hydroxyl groups excluding tert-OH is 1. The zero-order valence-corrected chi connectivity index (χ0v) is 14.5. The number of aromatic nitrogens is 4. The largest absolute Gasteiger partial charge is 0.395 e. The zero-order chi connectivity index (χ0) is 18.3. The van der Waals surface area contributed by atoms with E-state index in [9.17, 15) is 9.59 Å². The van der Waals surface area contributed by atoms with Gasteiger partial charge in [0.1, 0.15) is 10.7 Å². The number of hydrogen-bond acceptors (Lipinski definition) is 8. The molecule has 1 aliphatic heterocycles. The number of nitrogens with one attached hydrogen (secondary N) is 1. The molecule has 2 amide bonds. The minimum atomic E-state index is -0.455. The second kappa shape index (κ2) is 6.32. The fourth-order valence-corrected chi connectivity index (χ4v) is 3.51. The summed E-state index contributed by atoms with van der Waals surface area (Å²) >= 11 is 1.41. The molecule has 0 fully saturated rings. The van der Waals surface area contributed by atoms with Crippen molar-refractivity contribution >= 4 is 33.8 Å². The lowest BCUT2D eigenvalue weighted by molar-refractivity contribution is -0.137. The average Bonchev–Trinajstić information content (AvgIpc) is 3.27. The summed E-state index contributed by atoms with van der Waals surface area (Å²) in [7, 11) is 0. The van der Waals surface area contributed by atoms with Crippen LogP contribution in [0.4, 0.5) is 5.69 Å². The Morgan fingerprint density at radius 2 is 2.12 bits per heavy atom. The molecule has 0 saturated heterocycles. The normalized spacial score (nSPS) is 14.4. The summed E-state index contributed by atoms with van der Waals surface area (Å²) in [6.45, 7) is 1.54. The summed E-state index contributed by atoms with van der Waals surface area (Å²) in [5.41, 5.74) is 1.69. The Hall–Kier alpha value is -3.11. The number of imide groups is 1. The molecule has 0 saturated carbocycles. The van der Waals surface area contributed by atoms with E-state index in [0.29, 0.717) is 16.5 Å². The van der Waals surface area contributed by atoms with Crippen molar-refractivity contribution < 1.29 is 14.7 Å². The van der Waals surface area contributed by atoms with Gasteiger partial charge in [-0.25, -0.2) is 0 Å². The number of benzene rings is 1. The number of nitrogens with zero attached hydrogens (tertiary/aromatic N) is 5. The van der Waals surface area contributed by atoms with E-state index in [1.807, 2.05) is 25.1 Å². The molecule has 0 radical (unpaired) electrons. The van der Waals surface area contributed by atoms with Gasteiger partial charge < -0.3 is 10.4 Å². The molecule has 1 aliphatic rings. The highest BCUT2D eigenvalue weighted by molar-refractivity contribution is 7.19. The highest BCUT2D eigenvalue weighted by Gasteiger charge is 2.30. The molecule has 0 aliphatic carbocycles. The van der Waals surface area contributed by atoms with Crippen LogP contribution in [0.25, 0.3) is 15.5 Å². The first-order valence-corrected chi connectivity index (χ1v) is 8.63. The van der Waals surface area contributed by atoms with Gasteiger partial charge in [-0.3, -0.25) is 14.5 Å². The Morgan fingerprint density at radius 3 is 2.88 bits per heavy atom. The first-order valence-electron chi connectivity index (χ1n) is 7.81. The number of carbonyl (C=O) groups excluding carboxylic acids is 2. The van der Waals surface area contributed by atoms with Gasteiger partial charge >= 0.3 is 0 Å². The number of aliphatic hydroxyl groups is 1. The third-order valence-electron chi connectivity index (χ3n) is 3.87. The Labute approximate surface area is 151 Å². The van der Waals surface area contributed by atoms with Gasteiger partial charge in [-0.2, -0.15) is 9.61 Å². The summed E-state index contributed by atoms with van der Waals surface area (Å²) in [4.78, 5) is 25.7. The van der Waals surface area contributed by atoms with Crippen molar-refractivity contribution in [2.45, 2.75) is 6.92 Å². The van der Waals surface area contributed by atoms with Gasteiger partial charge in [0.05, 0.1) is 13.2 Å². The molecule has 1 aromatic carbocycles. The van der Waals surface area contributed by atoms with Crippen molar-refractivity contribution in [1.29, 1.82) is 0 Å².